The van der Waals surface area contributed by atoms with Gasteiger partial charge >= 0.3 is 5.97 Å². The van der Waals surface area contributed by atoms with Gasteiger partial charge in [-0.2, -0.15) is 0 Å². The van der Waals surface area contributed by atoms with Gasteiger partial charge in [0.05, 0.1) is 12.7 Å². The Balaban J connectivity index is 1.77. The van der Waals surface area contributed by atoms with E-state index in [4.69, 9.17) is 9.47 Å². The summed E-state index contributed by atoms with van der Waals surface area (Å²) < 4.78 is 11.7. The number of nitrogens with zero attached hydrogens (tertiary/aromatic N) is 1. The number of aromatic nitrogens is 1. The zero-order valence-corrected chi connectivity index (χ0v) is 15.6. The zero-order valence-electron chi connectivity index (χ0n) is 14.1. The predicted octanol–water partition coefficient (Wildman–Crippen LogP) is 5.24. The van der Waals surface area contributed by atoms with Gasteiger partial charge in [0, 0.05) is 16.9 Å². The van der Waals surface area contributed by atoms with E-state index in [0.717, 1.165) is 15.6 Å². The molecule has 0 aliphatic rings. The second kappa shape index (κ2) is 8.45. The Labute approximate surface area is 160 Å². The highest BCUT2D eigenvalue weighted by Crippen LogP contribution is 2.29. The number of ether oxygens (including phenoxy) is 2. The molecule has 0 amide bonds. The second-order valence-electron chi connectivity index (χ2n) is 5.42. The summed E-state index contributed by atoms with van der Waals surface area (Å²) in [5, 5.41) is 0. The van der Waals surface area contributed by atoms with Gasteiger partial charge in [-0.15, -0.1) is 0 Å². The molecule has 130 valence electrons. The third-order valence-electron chi connectivity index (χ3n) is 3.64. The summed E-state index contributed by atoms with van der Waals surface area (Å²) in [5.41, 5.74) is 2.45. The number of pyridine rings is 1. The molecule has 26 heavy (non-hydrogen) atoms. The van der Waals surface area contributed by atoms with Gasteiger partial charge in [0.2, 0.25) is 0 Å². The van der Waals surface area contributed by atoms with E-state index in [1.54, 1.807) is 49.8 Å². The van der Waals surface area contributed by atoms with Crippen LogP contribution in [0.3, 0.4) is 0 Å². The molecule has 5 heteroatoms. The lowest BCUT2D eigenvalue weighted by molar-refractivity contribution is 0.0729. The van der Waals surface area contributed by atoms with Crippen molar-refractivity contribution in [1.29, 1.82) is 0 Å². The van der Waals surface area contributed by atoms with Crippen molar-refractivity contribution in [2.75, 3.05) is 7.11 Å². The van der Waals surface area contributed by atoms with Crippen LogP contribution < -0.4 is 9.47 Å². The highest BCUT2D eigenvalue weighted by molar-refractivity contribution is 9.10. The summed E-state index contributed by atoms with van der Waals surface area (Å²) in [6.45, 7) is 0. The molecule has 1 heterocycles. The van der Waals surface area contributed by atoms with Crippen LogP contribution in [0, 0.1) is 0 Å². The third-order valence-corrected chi connectivity index (χ3v) is 4.17. The van der Waals surface area contributed by atoms with Crippen LogP contribution in [0.5, 0.6) is 11.5 Å². The van der Waals surface area contributed by atoms with Crippen molar-refractivity contribution in [2.24, 2.45) is 0 Å². The minimum Gasteiger partial charge on any atom is -0.493 e. The van der Waals surface area contributed by atoms with Crippen molar-refractivity contribution in [1.82, 2.24) is 4.98 Å². The summed E-state index contributed by atoms with van der Waals surface area (Å²) >= 11 is 3.34. The van der Waals surface area contributed by atoms with Crippen molar-refractivity contribution in [3.05, 3.63) is 88.2 Å². The predicted molar refractivity (Wildman–Crippen MR) is 105 cm³/mol. The molecule has 0 radical (unpaired) electrons. The first-order chi connectivity index (χ1) is 12.7. The number of halogens is 1. The van der Waals surface area contributed by atoms with E-state index >= 15 is 0 Å². The lowest BCUT2D eigenvalue weighted by Crippen LogP contribution is -2.09. The van der Waals surface area contributed by atoms with Gasteiger partial charge in [-0.25, -0.2) is 4.79 Å². The number of rotatable bonds is 5. The van der Waals surface area contributed by atoms with Gasteiger partial charge in [0.15, 0.2) is 11.5 Å². The maximum Gasteiger partial charge on any atom is 0.343 e. The SMILES string of the molecule is COc1cc(/C=C/c2ccncc2)ccc1OC(=O)c1ccc(Br)cc1. The van der Waals surface area contributed by atoms with Crippen molar-refractivity contribution in [2.45, 2.75) is 0 Å². The van der Waals surface area contributed by atoms with Crippen molar-refractivity contribution < 1.29 is 14.3 Å². The summed E-state index contributed by atoms with van der Waals surface area (Å²) in [6, 6.07) is 16.2. The van der Waals surface area contributed by atoms with Gasteiger partial charge in [0.1, 0.15) is 0 Å². The topological polar surface area (TPSA) is 48.4 Å². The zero-order chi connectivity index (χ0) is 18.4. The number of carbonyl (C=O) groups excluding carboxylic acids is 1. The Morgan fingerprint density at radius 3 is 2.31 bits per heavy atom. The fraction of sp³-hybridized carbons (Fsp3) is 0.0476. The Morgan fingerprint density at radius 2 is 1.62 bits per heavy atom. The van der Waals surface area contributed by atoms with E-state index in [2.05, 4.69) is 20.9 Å². The average molecular weight is 410 g/mol. The second-order valence-corrected chi connectivity index (χ2v) is 6.34. The Morgan fingerprint density at radius 1 is 0.923 bits per heavy atom. The number of carbonyl (C=O) groups is 1. The fourth-order valence-corrected chi connectivity index (χ4v) is 2.55. The molecule has 2 aromatic carbocycles. The van der Waals surface area contributed by atoms with Crippen LogP contribution in [0.4, 0.5) is 0 Å². The minimum absolute atomic E-state index is 0.376. The highest BCUT2D eigenvalue weighted by atomic mass is 79.9. The Bertz CT molecular complexity index is 922. The van der Waals surface area contributed by atoms with Gasteiger partial charge < -0.3 is 9.47 Å². The molecule has 0 fully saturated rings. The number of methoxy groups -OCH3 is 1. The molecule has 0 spiro atoms. The average Bonchev–Trinajstić information content (AvgIpc) is 2.68. The van der Waals surface area contributed by atoms with Crippen LogP contribution in [0.2, 0.25) is 0 Å². The van der Waals surface area contributed by atoms with Crippen molar-refractivity contribution >= 4 is 34.1 Å². The normalized spacial score (nSPS) is 10.7. The summed E-state index contributed by atoms with van der Waals surface area (Å²) in [7, 11) is 1.54. The number of esters is 1. The number of hydrogen-bond acceptors (Lipinski definition) is 4. The quantitative estimate of drug-likeness (QED) is 0.426. The number of benzene rings is 2. The lowest BCUT2D eigenvalue weighted by atomic mass is 10.1. The third kappa shape index (κ3) is 4.58. The molecule has 0 saturated heterocycles. The molecule has 3 aromatic rings. The highest BCUT2D eigenvalue weighted by Gasteiger charge is 2.12. The molecule has 4 nitrogen and oxygen atoms in total. The lowest BCUT2D eigenvalue weighted by Gasteiger charge is -2.10. The fourth-order valence-electron chi connectivity index (χ4n) is 2.28. The summed E-state index contributed by atoms with van der Waals surface area (Å²) in [4.78, 5) is 16.3. The Hall–Kier alpha value is -2.92. The molecular formula is C21H16BrNO3. The van der Waals surface area contributed by atoms with E-state index < -0.39 is 5.97 Å². The summed E-state index contributed by atoms with van der Waals surface area (Å²) in [5.74, 6) is 0.435. The monoisotopic (exact) mass is 409 g/mol. The van der Waals surface area contributed by atoms with E-state index in [0.29, 0.717) is 17.1 Å². The molecule has 3 rings (SSSR count). The number of hydrogen-bond donors (Lipinski definition) is 0. The van der Waals surface area contributed by atoms with Crippen LogP contribution in [0.15, 0.2) is 71.5 Å². The van der Waals surface area contributed by atoms with Crippen molar-refractivity contribution in [3.8, 4) is 11.5 Å². The smallest absolute Gasteiger partial charge is 0.343 e. The van der Waals surface area contributed by atoms with Gasteiger partial charge in [-0.1, -0.05) is 34.1 Å². The first kappa shape index (κ1) is 17.9. The summed E-state index contributed by atoms with van der Waals surface area (Å²) in [6.07, 6.45) is 7.41. The van der Waals surface area contributed by atoms with Crippen LogP contribution >= 0.6 is 15.9 Å². The molecule has 0 atom stereocenters. The molecule has 1 aromatic heterocycles. The van der Waals surface area contributed by atoms with E-state index in [1.165, 1.54) is 0 Å². The molecule has 0 bridgehead atoms. The maximum absolute atomic E-state index is 12.3. The van der Waals surface area contributed by atoms with Crippen LogP contribution in [0.25, 0.3) is 12.2 Å². The standard InChI is InChI=1S/C21H16BrNO3/c1-25-20-14-16(3-2-15-10-12-23-13-11-15)4-9-19(20)26-21(24)17-5-7-18(22)8-6-17/h2-14H,1H3/b3-2+. The van der Waals surface area contributed by atoms with Crippen LogP contribution in [0.1, 0.15) is 21.5 Å². The molecule has 0 unspecified atom stereocenters. The first-order valence-corrected chi connectivity index (χ1v) is 8.69. The van der Waals surface area contributed by atoms with Gasteiger partial charge in [0.25, 0.3) is 0 Å². The first-order valence-electron chi connectivity index (χ1n) is 7.89. The molecular weight excluding hydrogens is 394 g/mol. The minimum atomic E-state index is -0.434. The van der Waals surface area contributed by atoms with E-state index in [-0.39, 0.29) is 0 Å². The molecule has 0 saturated carbocycles. The molecule has 0 aliphatic carbocycles. The van der Waals surface area contributed by atoms with E-state index in [1.807, 2.05) is 36.4 Å². The van der Waals surface area contributed by atoms with E-state index in [9.17, 15) is 4.79 Å². The van der Waals surface area contributed by atoms with Crippen LogP contribution in [-0.2, 0) is 0 Å². The largest absolute Gasteiger partial charge is 0.493 e. The van der Waals surface area contributed by atoms with Gasteiger partial charge in [-0.05, 0) is 59.7 Å². The van der Waals surface area contributed by atoms with Crippen molar-refractivity contribution in [3.63, 3.8) is 0 Å². The molecule has 0 aliphatic heterocycles. The Kier molecular flexibility index (Phi) is 5.81. The molecule has 0 N–H and O–H groups in total. The van der Waals surface area contributed by atoms with Crippen LogP contribution in [-0.4, -0.2) is 18.1 Å². The maximum atomic E-state index is 12.3. The van der Waals surface area contributed by atoms with Gasteiger partial charge in [-0.3, -0.25) is 4.98 Å².